The zero-order chi connectivity index (χ0) is 36.7. The minimum atomic E-state index is -1.63. The molecule has 9 nitrogen and oxygen atoms in total. The highest BCUT2D eigenvalue weighted by Crippen LogP contribution is 2.22. The molecule has 6 N–H and O–H groups in total. The average molecular weight is 716 g/mol. The summed E-state index contributed by atoms with van der Waals surface area (Å²) in [5.41, 5.74) is 0. The molecule has 298 valence electrons. The van der Waals surface area contributed by atoms with Crippen LogP contribution in [0.5, 0.6) is 0 Å². The monoisotopic (exact) mass is 716 g/mol. The molecule has 0 saturated carbocycles. The van der Waals surface area contributed by atoms with Crippen LogP contribution >= 0.6 is 0 Å². The van der Waals surface area contributed by atoms with E-state index in [9.17, 15) is 30.3 Å². The first-order valence-electron chi connectivity index (χ1n) is 15.2. The van der Waals surface area contributed by atoms with Gasteiger partial charge in [0.1, 0.15) is 24.4 Å². The van der Waals surface area contributed by atoms with Crippen LogP contribution in [0.2, 0.25) is 0 Å². The quantitative estimate of drug-likeness (QED) is 0.135. The third-order valence-corrected chi connectivity index (χ3v) is 6.04. The highest BCUT2D eigenvalue weighted by Gasteiger charge is 2.44. The van der Waals surface area contributed by atoms with Crippen molar-refractivity contribution in [3.8, 4) is 142 Å². The van der Waals surface area contributed by atoms with E-state index >= 15 is 0 Å². The Morgan fingerprint density at radius 1 is 0.700 bits per heavy atom. The molecule has 1 fully saturated rings. The van der Waals surface area contributed by atoms with Crippen molar-refractivity contribution in [1.29, 1.82) is 0 Å². The number of aliphatic hydroxyl groups is 5. The molecule has 0 aliphatic carbocycles. The lowest BCUT2D eigenvalue weighted by Gasteiger charge is -2.40. The topological polar surface area (TPSA) is 149 Å². The molecule has 1 aliphatic heterocycles. The Morgan fingerprint density at radius 2 is 1.16 bits per heavy atom. The standard InChI is InChI=1S/C41H33NO8.24H2/c1-3-5-7-9-10-11-12-13-14-15-16-17-18-19-20-21-22-23-24-25-26-27-29-31-37(45)42-34(35(44)30-28-8-6-4-2)33-49-41-40(48)39(47)38(46)36(32-43)50-41;;;;;;;;;;;;;;;;;;;;;;;;/h34-36,38-41,43-44,46-48H,4,6,8,28,30,32-33H2,1-2H3,(H,42,45);24*1H/t34-,35+,36?,38-,39-,40?,41-;;;;;;;;;;;;;;;;;;;;;;;;/m0......................../s1. The van der Waals surface area contributed by atoms with Crippen LogP contribution in [0.25, 0.3) is 0 Å². The molecule has 1 saturated heterocycles. The third kappa shape index (κ3) is 19.5. The molecule has 0 spiro atoms. The van der Waals surface area contributed by atoms with Gasteiger partial charge in [0.15, 0.2) is 6.29 Å². The van der Waals surface area contributed by atoms with Gasteiger partial charge in [-0.3, -0.25) is 4.79 Å². The van der Waals surface area contributed by atoms with Gasteiger partial charge >= 0.3 is 0 Å². The summed E-state index contributed by atoms with van der Waals surface area (Å²) in [5.74, 6) is 58.5. The number of carbonyl (C=O) groups is 1. The van der Waals surface area contributed by atoms with Gasteiger partial charge in [0.25, 0.3) is 5.91 Å². The molecular weight excluding hydrogens is 634 g/mol. The Balaban J connectivity index is -0.0000000473. The largest absolute Gasteiger partial charge is 0.394 e. The lowest BCUT2D eigenvalue weighted by molar-refractivity contribution is -0.302. The van der Waals surface area contributed by atoms with Crippen LogP contribution in [0.4, 0.5) is 0 Å². The van der Waals surface area contributed by atoms with E-state index in [1.54, 1.807) is 6.92 Å². The molecule has 0 bridgehead atoms. The lowest BCUT2D eigenvalue weighted by atomic mass is 9.99. The summed E-state index contributed by atoms with van der Waals surface area (Å²) < 4.78 is 10.9. The van der Waals surface area contributed by atoms with Gasteiger partial charge in [0.2, 0.25) is 0 Å². The molecular formula is C41H81NO8. The van der Waals surface area contributed by atoms with Crippen molar-refractivity contribution in [2.75, 3.05) is 13.2 Å². The third-order valence-electron chi connectivity index (χ3n) is 6.04. The minimum absolute atomic E-state index is 0. The van der Waals surface area contributed by atoms with Crippen LogP contribution in [0.15, 0.2) is 0 Å². The van der Waals surface area contributed by atoms with Gasteiger partial charge < -0.3 is 40.3 Å². The number of amides is 1. The van der Waals surface area contributed by atoms with Gasteiger partial charge in [-0.15, -0.1) is 0 Å². The highest BCUT2D eigenvalue weighted by molar-refractivity contribution is 5.94. The fraction of sp³-hybridized carbons (Fsp3) is 0.390. The van der Waals surface area contributed by atoms with E-state index in [-0.39, 0.29) is 40.8 Å². The van der Waals surface area contributed by atoms with Crippen LogP contribution in [0, 0.1) is 142 Å². The Bertz CT molecular complexity index is 2010. The van der Waals surface area contributed by atoms with Crippen molar-refractivity contribution in [1.82, 2.24) is 5.32 Å². The van der Waals surface area contributed by atoms with Crippen molar-refractivity contribution < 1.29 is 74.0 Å². The van der Waals surface area contributed by atoms with Crippen LogP contribution in [0.1, 0.15) is 80.2 Å². The van der Waals surface area contributed by atoms with Gasteiger partial charge in [-0.1, -0.05) is 38.5 Å². The van der Waals surface area contributed by atoms with E-state index in [1.165, 1.54) is 0 Å². The maximum absolute atomic E-state index is 12.4. The number of ether oxygens (including phenoxy) is 2. The second-order valence-corrected chi connectivity index (χ2v) is 9.65. The first-order valence-corrected chi connectivity index (χ1v) is 15.2. The molecule has 7 atom stereocenters. The summed E-state index contributed by atoms with van der Waals surface area (Å²) >= 11 is 0. The normalized spacial score (nSPS) is 18.3. The zero-order valence-corrected chi connectivity index (χ0v) is 27.5. The number of hydrogen-bond acceptors (Lipinski definition) is 8. The minimum Gasteiger partial charge on any atom is -0.394 e. The van der Waals surface area contributed by atoms with Gasteiger partial charge in [-0.05, 0) is 108 Å². The van der Waals surface area contributed by atoms with Crippen LogP contribution in [-0.4, -0.2) is 87.5 Å². The molecule has 9 heteroatoms. The van der Waals surface area contributed by atoms with Crippen molar-refractivity contribution >= 4 is 5.91 Å². The zero-order valence-electron chi connectivity index (χ0n) is 27.5. The molecule has 0 aromatic carbocycles. The molecule has 1 amide bonds. The van der Waals surface area contributed by atoms with E-state index < -0.39 is 55.4 Å². The second-order valence-electron chi connectivity index (χ2n) is 9.65. The lowest BCUT2D eigenvalue weighted by Crippen LogP contribution is -2.60. The maximum atomic E-state index is 12.4. The summed E-state index contributed by atoms with van der Waals surface area (Å²) in [6, 6.07) is -0.955. The predicted molar refractivity (Wildman–Crippen MR) is 236 cm³/mol. The number of rotatable bonds is 11. The first kappa shape index (κ1) is 41.9. The molecule has 0 aromatic rings. The van der Waals surface area contributed by atoms with Gasteiger partial charge in [-0.25, -0.2) is 0 Å². The van der Waals surface area contributed by atoms with Crippen molar-refractivity contribution in [2.45, 2.75) is 88.8 Å². The molecule has 2 unspecified atom stereocenters. The summed E-state index contributed by atoms with van der Waals surface area (Å²) in [7, 11) is 0. The van der Waals surface area contributed by atoms with Crippen LogP contribution in [-0.2, 0) is 14.3 Å². The van der Waals surface area contributed by atoms with Crippen LogP contribution in [0.3, 0.4) is 0 Å². The number of unbranched alkanes of at least 4 members (excludes halogenated alkanes) is 3. The van der Waals surface area contributed by atoms with E-state index in [2.05, 4.69) is 154 Å². The van der Waals surface area contributed by atoms with E-state index in [4.69, 9.17) is 9.47 Å². The summed E-state index contributed by atoms with van der Waals surface area (Å²) in [4.78, 5) is 12.4. The number of hydrogen-bond donors (Lipinski definition) is 6. The second kappa shape index (κ2) is 28.0. The van der Waals surface area contributed by atoms with Gasteiger partial charge in [-0.2, -0.15) is 0 Å². The maximum Gasteiger partial charge on any atom is 0.297 e. The van der Waals surface area contributed by atoms with Gasteiger partial charge in [0, 0.05) is 75.7 Å². The molecule has 0 aromatic heterocycles. The molecule has 1 aliphatic rings. The Morgan fingerprint density at radius 3 is 1.60 bits per heavy atom. The van der Waals surface area contributed by atoms with E-state index in [1.807, 2.05) is 0 Å². The summed E-state index contributed by atoms with van der Waals surface area (Å²) in [6.45, 7) is 2.78. The molecule has 1 heterocycles. The average Bonchev–Trinajstić information content (AvgIpc) is 3.11. The number of aliphatic hydroxyl groups excluding tert-OH is 5. The number of nitrogens with one attached hydrogen (secondary N) is 1. The van der Waals surface area contributed by atoms with Gasteiger partial charge in [0.05, 0.1) is 25.4 Å². The summed E-state index contributed by atoms with van der Waals surface area (Å²) in [6.07, 6.45) is -4.49. The first-order chi connectivity index (χ1) is 24.3. The number of carbonyl (C=O) groups excluding carboxylic acids is 1. The highest BCUT2D eigenvalue weighted by atomic mass is 16.7. The van der Waals surface area contributed by atoms with Crippen molar-refractivity contribution in [3.05, 3.63) is 0 Å². The molecule has 50 heavy (non-hydrogen) atoms. The molecule has 0 radical (unpaired) electrons. The SMILES string of the molecule is CC#CC#CC#CC#CC#CC#CC#CC#CC#CC#CC#CC#CC(=O)N[C@@H](CO[C@H]1OC(CO)[C@H](O)[C@H](O)C1O)[C@H](O)CCCCCC.[HH].[HH].[HH].[HH].[HH].[HH].[HH].[HH].[HH].[HH].[HH].[HH].[HH].[HH].[HH].[HH].[HH].[HH].[HH].[HH].[HH].[HH].[HH].[HH]. The Hall–Kier alpha value is -6.09. The van der Waals surface area contributed by atoms with E-state index in [0.717, 1.165) is 19.3 Å². The summed E-state index contributed by atoms with van der Waals surface area (Å²) in [5, 5.41) is 52.8. The molecule has 1 rings (SSSR count). The van der Waals surface area contributed by atoms with Crippen molar-refractivity contribution in [3.63, 3.8) is 0 Å². The van der Waals surface area contributed by atoms with Crippen LogP contribution < -0.4 is 5.32 Å². The predicted octanol–water partition coefficient (Wildman–Crippen LogP) is 4.58. The van der Waals surface area contributed by atoms with Crippen molar-refractivity contribution in [2.24, 2.45) is 0 Å². The Labute approximate surface area is 330 Å². The Kier molecular flexibility index (Phi) is 23.5. The fourth-order valence-corrected chi connectivity index (χ4v) is 3.61. The smallest absolute Gasteiger partial charge is 0.297 e. The fourth-order valence-electron chi connectivity index (χ4n) is 3.61. The van der Waals surface area contributed by atoms with E-state index in [0.29, 0.717) is 12.8 Å².